The maximum Gasteiger partial charge on any atom is 0.169 e. The van der Waals surface area contributed by atoms with Crippen LogP contribution in [0.5, 0.6) is 0 Å². The molecule has 0 unspecified atom stereocenters. The lowest BCUT2D eigenvalue weighted by molar-refractivity contribution is 0.406. The molecule has 2 N–H and O–H groups in total. The van der Waals surface area contributed by atoms with Crippen LogP contribution in [-0.4, -0.2) is 59.3 Å². The minimum absolute atomic E-state index is 0.707. The van der Waals surface area contributed by atoms with Gasteiger partial charge in [0.2, 0.25) is 0 Å². The van der Waals surface area contributed by atoms with Crippen LogP contribution in [0.2, 0.25) is 0 Å². The quantitative estimate of drug-likeness (QED) is 0.597. The van der Waals surface area contributed by atoms with Crippen LogP contribution in [0.1, 0.15) is 6.42 Å². The van der Waals surface area contributed by atoms with Crippen molar-refractivity contribution in [2.24, 2.45) is 0 Å². The van der Waals surface area contributed by atoms with Gasteiger partial charge in [-0.1, -0.05) is 12.2 Å². The normalized spacial score (nSPS) is 15.4. The molecule has 4 nitrogen and oxygen atoms in total. The summed E-state index contributed by atoms with van der Waals surface area (Å²) in [6.45, 7) is 12.5. The lowest BCUT2D eigenvalue weighted by Crippen LogP contribution is -2.44. The molecule has 0 amide bonds. The first-order valence-corrected chi connectivity index (χ1v) is 7.28. The fourth-order valence-corrected chi connectivity index (χ4v) is 2.40. The van der Waals surface area contributed by atoms with Crippen LogP contribution in [0.3, 0.4) is 0 Å². The Morgan fingerprint density at radius 2 is 1.32 bits per heavy atom. The van der Waals surface area contributed by atoms with Crippen molar-refractivity contribution < 1.29 is 0 Å². The Labute approximate surface area is 126 Å². The maximum absolute atomic E-state index is 5.36. The average molecular weight is 298 g/mol. The van der Waals surface area contributed by atoms with Crippen molar-refractivity contribution in [2.45, 2.75) is 6.42 Å². The van der Waals surface area contributed by atoms with E-state index in [1.54, 1.807) is 0 Å². The molecule has 0 aromatic rings. The topological polar surface area (TPSA) is 30.5 Å². The summed E-state index contributed by atoms with van der Waals surface area (Å²) in [6, 6.07) is 0. The van der Waals surface area contributed by atoms with Crippen LogP contribution in [0.15, 0.2) is 25.3 Å². The lowest BCUT2D eigenvalue weighted by atomic mass is 10.4. The standard InChI is InChI=1S/C13H22N4S2/c1-3-6-14-12(18)16-8-5-9-17(11-10-16)13(19)15-7-4-2/h3-4H,1-2,5-11H2,(H,14,18)(H,15,19). The third-order valence-electron chi connectivity index (χ3n) is 2.87. The molecule has 0 aromatic carbocycles. The number of nitrogens with zero attached hydrogens (tertiary/aromatic N) is 2. The summed E-state index contributed by atoms with van der Waals surface area (Å²) < 4.78 is 0. The Bertz CT molecular complexity index is 312. The predicted octanol–water partition coefficient (Wildman–Crippen LogP) is 1.12. The Kier molecular flexibility index (Phi) is 7.43. The second-order valence-electron chi connectivity index (χ2n) is 4.28. The molecule has 106 valence electrons. The minimum atomic E-state index is 0.707. The summed E-state index contributed by atoms with van der Waals surface area (Å²) in [5.41, 5.74) is 0. The number of nitrogens with one attached hydrogen (secondary N) is 2. The van der Waals surface area contributed by atoms with E-state index in [4.69, 9.17) is 24.4 Å². The minimum Gasteiger partial charge on any atom is -0.359 e. The molecule has 0 atom stereocenters. The number of rotatable bonds is 4. The molecule has 1 aliphatic rings. The number of hydrogen-bond donors (Lipinski definition) is 2. The van der Waals surface area contributed by atoms with Crippen LogP contribution < -0.4 is 10.6 Å². The smallest absolute Gasteiger partial charge is 0.169 e. The summed E-state index contributed by atoms with van der Waals surface area (Å²) in [5, 5.41) is 7.93. The molecule has 0 aromatic heterocycles. The number of hydrogen-bond acceptors (Lipinski definition) is 2. The third kappa shape index (κ3) is 5.57. The first-order valence-electron chi connectivity index (χ1n) is 6.46. The van der Waals surface area contributed by atoms with Gasteiger partial charge in [-0.2, -0.15) is 0 Å². The van der Waals surface area contributed by atoms with Crippen LogP contribution in [0.25, 0.3) is 0 Å². The van der Waals surface area contributed by atoms with Crippen molar-refractivity contribution in [3.63, 3.8) is 0 Å². The van der Waals surface area contributed by atoms with Crippen molar-refractivity contribution in [1.29, 1.82) is 0 Å². The number of thiocarbonyl (C=S) groups is 2. The molecule has 0 bridgehead atoms. The van der Waals surface area contributed by atoms with E-state index < -0.39 is 0 Å². The van der Waals surface area contributed by atoms with Gasteiger partial charge in [0.15, 0.2) is 10.2 Å². The van der Waals surface area contributed by atoms with Gasteiger partial charge in [0, 0.05) is 39.3 Å². The fraction of sp³-hybridized carbons (Fsp3) is 0.538. The highest BCUT2D eigenvalue weighted by Crippen LogP contribution is 2.04. The third-order valence-corrected chi connectivity index (χ3v) is 3.67. The van der Waals surface area contributed by atoms with Gasteiger partial charge in [-0.05, 0) is 30.9 Å². The summed E-state index contributed by atoms with van der Waals surface area (Å²) in [5.74, 6) is 0. The first kappa shape index (κ1) is 15.9. The van der Waals surface area contributed by atoms with E-state index in [0.717, 1.165) is 42.8 Å². The van der Waals surface area contributed by atoms with Gasteiger partial charge in [-0.25, -0.2) is 0 Å². The van der Waals surface area contributed by atoms with E-state index in [9.17, 15) is 0 Å². The Hall–Kier alpha value is -1.14. The van der Waals surface area contributed by atoms with E-state index in [1.165, 1.54) is 0 Å². The van der Waals surface area contributed by atoms with Gasteiger partial charge < -0.3 is 20.4 Å². The van der Waals surface area contributed by atoms with E-state index in [-0.39, 0.29) is 0 Å². The zero-order chi connectivity index (χ0) is 14.1. The van der Waals surface area contributed by atoms with Gasteiger partial charge in [-0.3, -0.25) is 0 Å². The molecular formula is C13H22N4S2. The van der Waals surface area contributed by atoms with Crippen LogP contribution in [-0.2, 0) is 0 Å². The van der Waals surface area contributed by atoms with Gasteiger partial charge in [0.25, 0.3) is 0 Å². The molecule has 19 heavy (non-hydrogen) atoms. The summed E-state index contributed by atoms with van der Waals surface area (Å²) in [6.07, 6.45) is 4.67. The molecule has 0 radical (unpaired) electrons. The molecular weight excluding hydrogens is 276 g/mol. The van der Waals surface area contributed by atoms with Crippen molar-refractivity contribution in [3.05, 3.63) is 25.3 Å². The van der Waals surface area contributed by atoms with Crippen LogP contribution >= 0.6 is 24.4 Å². The van der Waals surface area contributed by atoms with E-state index in [2.05, 4.69) is 33.6 Å². The van der Waals surface area contributed by atoms with Crippen molar-refractivity contribution in [1.82, 2.24) is 20.4 Å². The fourth-order valence-electron chi connectivity index (χ4n) is 1.87. The van der Waals surface area contributed by atoms with E-state index in [1.807, 2.05) is 12.2 Å². The summed E-state index contributed by atoms with van der Waals surface area (Å²) in [4.78, 5) is 4.38. The van der Waals surface area contributed by atoms with E-state index in [0.29, 0.717) is 13.1 Å². The maximum atomic E-state index is 5.36. The summed E-state index contributed by atoms with van der Waals surface area (Å²) >= 11 is 10.7. The van der Waals surface area contributed by atoms with E-state index >= 15 is 0 Å². The average Bonchev–Trinajstić information content (AvgIpc) is 2.68. The van der Waals surface area contributed by atoms with Gasteiger partial charge in [-0.15, -0.1) is 13.2 Å². The zero-order valence-corrected chi connectivity index (χ0v) is 12.9. The summed E-state index contributed by atoms with van der Waals surface area (Å²) in [7, 11) is 0. The Morgan fingerprint density at radius 3 is 1.68 bits per heavy atom. The molecule has 0 saturated carbocycles. The second-order valence-corrected chi connectivity index (χ2v) is 5.05. The molecule has 1 saturated heterocycles. The molecule has 0 aliphatic carbocycles. The van der Waals surface area contributed by atoms with Crippen molar-refractivity contribution in [3.8, 4) is 0 Å². The van der Waals surface area contributed by atoms with Crippen LogP contribution in [0, 0.1) is 0 Å². The first-order chi connectivity index (χ1) is 9.19. The molecule has 1 fully saturated rings. The molecule has 1 rings (SSSR count). The van der Waals surface area contributed by atoms with Gasteiger partial charge >= 0.3 is 0 Å². The molecule has 1 aliphatic heterocycles. The SMILES string of the molecule is C=CCNC(=S)N1CCCN(C(=S)NCC=C)CC1. The van der Waals surface area contributed by atoms with Crippen molar-refractivity contribution in [2.75, 3.05) is 39.3 Å². The monoisotopic (exact) mass is 298 g/mol. The van der Waals surface area contributed by atoms with Gasteiger partial charge in [0.1, 0.15) is 0 Å². The molecule has 6 heteroatoms. The zero-order valence-electron chi connectivity index (χ0n) is 11.2. The van der Waals surface area contributed by atoms with Crippen molar-refractivity contribution >= 4 is 34.7 Å². The molecule has 0 spiro atoms. The second kappa shape index (κ2) is 8.87. The largest absolute Gasteiger partial charge is 0.359 e. The molecule has 1 heterocycles. The highest BCUT2D eigenvalue weighted by Gasteiger charge is 2.17. The Balaban J connectivity index is 2.42. The van der Waals surface area contributed by atoms with Crippen LogP contribution in [0.4, 0.5) is 0 Å². The lowest BCUT2D eigenvalue weighted by Gasteiger charge is -2.25. The Morgan fingerprint density at radius 1 is 0.895 bits per heavy atom. The predicted molar refractivity (Wildman–Crippen MR) is 89.4 cm³/mol. The highest BCUT2D eigenvalue weighted by atomic mass is 32.1. The van der Waals surface area contributed by atoms with Gasteiger partial charge in [0.05, 0.1) is 0 Å². The highest BCUT2D eigenvalue weighted by molar-refractivity contribution is 7.80.